The second kappa shape index (κ2) is 5.76. The largest absolute Gasteiger partial charge is 0.425 e. The van der Waals surface area contributed by atoms with Crippen LogP contribution < -0.4 is 4.74 Å². The minimum Gasteiger partial charge on any atom is -0.425 e. The molecule has 0 aliphatic heterocycles. The van der Waals surface area contributed by atoms with Crippen LogP contribution in [0.25, 0.3) is 0 Å². The molecule has 0 radical (unpaired) electrons. The van der Waals surface area contributed by atoms with E-state index in [9.17, 15) is 4.79 Å². The number of carbonyl (C=O) groups excluding carboxylic acids is 1. The lowest BCUT2D eigenvalue weighted by atomic mass is 10.1. The number of ether oxygens (including phenoxy) is 1. The van der Waals surface area contributed by atoms with E-state index in [-0.39, 0.29) is 5.97 Å². The van der Waals surface area contributed by atoms with Crippen molar-refractivity contribution in [1.82, 2.24) is 0 Å². The second-order valence-corrected chi connectivity index (χ2v) is 4.36. The fraction of sp³-hybridized carbons (Fsp3) is 0.417. The second-order valence-electron chi connectivity index (χ2n) is 3.83. The number of hydrogen-bond acceptors (Lipinski definition) is 2. The topological polar surface area (TPSA) is 26.3 Å². The van der Waals surface area contributed by atoms with Crippen molar-refractivity contribution in [2.75, 3.05) is 0 Å². The summed E-state index contributed by atoms with van der Waals surface area (Å²) in [5, 5.41) is -0.565. The zero-order chi connectivity index (χ0) is 11.3. The van der Waals surface area contributed by atoms with E-state index in [0.717, 1.165) is 0 Å². The van der Waals surface area contributed by atoms with Crippen molar-refractivity contribution in [2.45, 2.75) is 25.6 Å². The Balaban J connectivity index is 2.49. The molecule has 0 aromatic heterocycles. The van der Waals surface area contributed by atoms with Crippen LogP contribution in [0.1, 0.15) is 20.3 Å². The van der Waals surface area contributed by atoms with Gasteiger partial charge in [0.1, 0.15) is 11.1 Å². The van der Waals surface area contributed by atoms with Crippen molar-refractivity contribution >= 4 is 17.6 Å². The lowest BCUT2D eigenvalue weighted by Gasteiger charge is -2.11. The standard InChI is InChI=1S/C12H15ClO2/c1-9(2)8-11(13)12(14)15-10-6-4-3-5-7-10/h3-7,9,11H,8H2,1-2H3. The molecule has 1 rings (SSSR count). The fourth-order valence-corrected chi connectivity index (χ4v) is 1.58. The Bertz CT molecular complexity index is 309. The SMILES string of the molecule is CC(C)CC(Cl)C(=O)Oc1ccccc1. The van der Waals surface area contributed by atoms with Crippen LogP contribution in [0.5, 0.6) is 5.75 Å². The van der Waals surface area contributed by atoms with Crippen LogP contribution in [-0.2, 0) is 4.79 Å². The van der Waals surface area contributed by atoms with Crippen molar-refractivity contribution in [3.05, 3.63) is 30.3 Å². The van der Waals surface area contributed by atoms with Crippen LogP contribution in [0.2, 0.25) is 0 Å². The van der Waals surface area contributed by atoms with E-state index in [1.807, 2.05) is 32.0 Å². The number of para-hydroxylation sites is 1. The highest BCUT2D eigenvalue weighted by Gasteiger charge is 2.18. The van der Waals surface area contributed by atoms with E-state index in [4.69, 9.17) is 16.3 Å². The number of benzene rings is 1. The summed E-state index contributed by atoms with van der Waals surface area (Å²) < 4.78 is 5.11. The molecule has 0 bridgehead atoms. The summed E-state index contributed by atoms with van der Waals surface area (Å²) in [4.78, 5) is 11.5. The normalized spacial score (nSPS) is 12.5. The van der Waals surface area contributed by atoms with Crippen LogP contribution in [0.4, 0.5) is 0 Å². The van der Waals surface area contributed by atoms with Gasteiger partial charge in [-0.15, -0.1) is 11.6 Å². The highest BCUT2D eigenvalue weighted by Crippen LogP contribution is 2.15. The third kappa shape index (κ3) is 4.34. The monoisotopic (exact) mass is 226 g/mol. The summed E-state index contributed by atoms with van der Waals surface area (Å²) in [6, 6.07) is 8.96. The molecule has 1 atom stereocenters. The first kappa shape index (κ1) is 12.1. The maximum absolute atomic E-state index is 11.5. The molecule has 82 valence electrons. The average molecular weight is 227 g/mol. The van der Waals surface area contributed by atoms with Gasteiger partial charge in [-0.05, 0) is 24.5 Å². The minimum absolute atomic E-state index is 0.378. The maximum atomic E-state index is 11.5. The molecule has 1 aromatic rings. The molecule has 1 unspecified atom stereocenters. The molecular formula is C12H15ClO2. The molecule has 0 fully saturated rings. The van der Waals surface area contributed by atoms with Crippen LogP contribution in [0, 0.1) is 5.92 Å². The Morgan fingerprint density at radius 3 is 2.47 bits per heavy atom. The summed E-state index contributed by atoms with van der Waals surface area (Å²) in [6.07, 6.45) is 0.632. The summed E-state index contributed by atoms with van der Waals surface area (Å²) in [5.74, 6) is 0.546. The van der Waals surface area contributed by atoms with Crippen LogP contribution in [0.3, 0.4) is 0 Å². The molecule has 3 heteroatoms. The summed E-state index contributed by atoms with van der Waals surface area (Å²) >= 11 is 5.90. The number of esters is 1. The Morgan fingerprint density at radius 2 is 1.93 bits per heavy atom. The lowest BCUT2D eigenvalue weighted by molar-refractivity contribution is -0.134. The molecular weight excluding hydrogens is 212 g/mol. The summed E-state index contributed by atoms with van der Waals surface area (Å²) in [5.41, 5.74) is 0. The number of hydrogen-bond donors (Lipinski definition) is 0. The Morgan fingerprint density at radius 1 is 1.33 bits per heavy atom. The van der Waals surface area contributed by atoms with Crippen molar-refractivity contribution in [3.63, 3.8) is 0 Å². The summed E-state index contributed by atoms with van der Waals surface area (Å²) in [7, 11) is 0. The van der Waals surface area contributed by atoms with Gasteiger partial charge in [-0.3, -0.25) is 4.79 Å². The Kier molecular flexibility index (Phi) is 4.63. The minimum atomic E-state index is -0.565. The van der Waals surface area contributed by atoms with Crippen LogP contribution in [-0.4, -0.2) is 11.3 Å². The van der Waals surface area contributed by atoms with Crippen LogP contribution >= 0.6 is 11.6 Å². The molecule has 0 spiro atoms. The lowest BCUT2D eigenvalue weighted by Crippen LogP contribution is -2.22. The van der Waals surface area contributed by atoms with E-state index in [1.54, 1.807) is 12.1 Å². The molecule has 1 aromatic carbocycles. The number of carbonyl (C=O) groups is 1. The Hall–Kier alpha value is -1.02. The molecule has 0 amide bonds. The average Bonchev–Trinajstić information content (AvgIpc) is 2.18. The molecule has 15 heavy (non-hydrogen) atoms. The van der Waals surface area contributed by atoms with Gasteiger partial charge in [-0.25, -0.2) is 0 Å². The highest BCUT2D eigenvalue weighted by atomic mass is 35.5. The van der Waals surface area contributed by atoms with Gasteiger partial charge >= 0.3 is 5.97 Å². The molecule has 0 aliphatic carbocycles. The van der Waals surface area contributed by atoms with Gasteiger partial charge in [0.2, 0.25) is 0 Å². The maximum Gasteiger partial charge on any atom is 0.329 e. The first-order chi connectivity index (χ1) is 7.09. The third-order valence-corrected chi connectivity index (χ3v) is 2.25. The van der Waals surface area contributed by atoms with Crippen molar-refractivity contribution in [2.24, 2.45) is 5.92 Å². The predicted molar refractivity (Wildman–Crippen MR) is 61.2 cm³/mol. The quantitative estimate of drug-likeness (QED) is 0.448. The van der Waals surface area contributed by atoms with E-state index in [0.29, 0.717) is 18.1 Å². The highest BCUT2D eigenvalue weighted by molar-refractivity contribution is 6.30. The van der Waals surface area contributed by atoms with Crippen molar-refractivity contribution < 1.29 is 9.53 Å². The molecule has 0 saturated heterocycles. The molecule has 0 N–H and O–H groups in total. The summed E-state index contributed by atoms with van der Waals surface area (Å²) in [6.45, 7) is 4.04. The van der Waals surface area contributed by atoms with Gasteiger partial charge in [-0.1, -0.05) is 32.0 Å². The fourth-order valence-electron chi connectivity index (χ4n) is 1.18. The van der Waals surface area contributed by atoms with E-state index in [1.165, 1.54) is 0 Å². The molecule has 2 nitrogen and oxygen atoms in total. The van der Waals surface area contributed by atoms with E-state index < -0.39 is 5.38 Å². The molecule has 0 aliphatic rings. The number of rotatable bonds is 4. The van der Waals surface area contributed by atoms with Gasteiger partial charge in [0.05, 0.1) is 0 Å². The smallest absolute Gasteiger partial charge is 0.329 e. The van der Waals surface area contributed by atoms with E-state index >= 15 is 0 Å². The zero-order valence-electron chi connectivity index (χ0n) is 8.94. The number of alkyl halides is 1. The van der Waals surface area contributed by atoms with Gasteiger partial charge in [0.25, 0.3) is 0 Å². The molecule has 0 saturated carbocycles. The Labute approximate surface area is 95.2 Å². The van der Waals surface area contributed by atoms with E-state index in [2.05, 4.69) is 0 Å². The van der Waals surface area contributed by atoms with Gasteiger partial charge in [-0.2, -0.15) is 0 Å². The van der Waals surface area contributed by atoms with Crippen molar-refractivity contribution in [3.8, 4) is 5.75 Å². The van der Waals surface area contributed by atoms with Gasteiger partial charge in [0, 0.05) is 0 Å². The van der Waals surface area contributed by atoms with Gasteiger partial charge in [0.15, 0.2) is 0 Å². The van der Waals surface area contributed by atoms with Crippen LogP contribution in [0.15, 0.2) is 30.3 Å². The zero-order valence-corrected chi connectivity index (χ0v) is 9.70. The van der Waals surface area contributed by atoms with Crippen molar-refractivity contribution in [1.29, 1.82) is 0 Å². The first-order valence-electron chi connectivity index (χ1n) is 5.00. The first-order valence-corrected chi connectivity index (χ1v) is 5.44. The number of halogens is 1. The van der Waals surface area contributed by atoms with Gasteiger partial charge < -0.3 is 4.74 Å². The molecule has 0 heterocycles. The predicted octanol–water partition coefficient (Wildman–Crippen LogP) is 3.25. The third-order valence-electron chi connectivity index (χ3n) is 1.90.